The lowest BCUT2D eigenvalue weighted by molar-refractivity contribution is 0.0179. The number of carbonyl (C=O) groups excluding carboxylic acids is 1. The fraction of sp³-hybridized carbons (Fsp3) is 0.455. The van der Waals surface area contributed by atoms with E-state index in [1.54, 1.807) is 12.1 Å². The molecular formula is C22H31FIN5O3. The summed E-state index contributed by atoms with van der Waals surface area (Å²) in [5.74, 6) is 0.445. The number of morpholine rings is 1. The number of hydrogen-bond donors (Lipinski definition) is 3. The normalized spacial score (nSPS) is 15.5. The van der Waals surface area contributed by atoms with Crippen LogP contribution in [-0.2, 0) is 4.74 Å². The summed E-state index contributed by atoms with van der Waals surface area (Å²) in [6, 6.07) is 9.92. The highest BCUT2D eigenvalue weighted by Crippen LogP contribution is 2.22. The fourth-order valence-corrected chi connectivity index (χ4v) is 3.38. The molecule has 1 saturated heterocycles. The molecule has 3 rings (SSSR count). The Morgan fingerprint density at radius 2 is 1.84 bits per heavy atom. The van der Waals surface area contributed by atoms with E-state index in [2.05, 4.69) is 20.9 Å². The molecule has 0 saturated carbocycles. The number of benzene rings is 1. The van der Waals surface area contributed by atoms with Gasteiger partial charge in [0.1, 0.15) is 5.82 Å². The van der Waals surface area contributed by atoms with Gasteiger partial charge in [-0.1, -0.05) is 12.1 Å². The van der Waals surface area contributed by atoms with Crippen molar-refractivity contribution in [2.45, 2.75) is 13.0 Å². The van der Waals surface area contributed by atoms with Crippen molar-refractivity contribution in [3.8, 4) is 0 Å². The summed E-state index contributed by atoms with van der Waals surface area (Å²) in [5.41, 5.74) is 1.02. The van der Waals surface area contributed by atoms with Gasteiger partial charge in [0.25, 0.3) is 5.91 Å². The number of rotatable bonds is 9. The van der Waals surface area contributed by atoms with Gasteiger partial charge in [-0.15, -0.1) is 24.0 Å². The van der Waals surface area contributed by atoms with Crippen LogP contribution in [0.5, 0.6) is 0 Å². The van der Waals surface area contributed by atoms with E-state index in [0.717, 1.165) is 18.7 Å². The summed E-state index contributed by atoms with van der Waals surface area (Å²) in [5, 5.41) is 9.25. The van der Waals surface area contributed by atoms with Gasteiger partial charge < -0.3 is 25.1 Å². The fourth-order valence-electron chi connectivity index (χ4n) is 3.38. The molecule has 1 aliphatic heterocycles. The standard InChI is InChI=1S/C22H30FN5O3.HI/c1-2-24-22(26-10-9-25-21(29)20-4-3-13-31-20)27-16-19(28-11-14-30-15-12-28)17-5-7-18(23)8-6-17;/h3-8,13,19H,2,9-12,14-16H2,1H3,(H,25,29)(H2,24,26,27);1H. The predicted molar refractivity (Wildman–Crippen MR) is 132 cm³/mol. The molecular weight excluding hydrogens is 528 g/mol. The second kappa shape index (κ2) is 14.1. The third kappa shape index (κ3) is 8.06. The Kier molecular flexibility index (Phi) is 11.5. The van der Waals surface area contributed by atoms with E-state index in [9.17, 15) is 9.18 Å². The number of guanidine groups is 1. The largest absolute Gasteiger partial charge is 0.459 e. The van der Waals surface area contributed by atoms with E-state index >= 15 is 0 Å². The smallest absolute Gasteiger partial charge is 0.287 e. The van der Waals surface area contributed by atoms with Crippen molar-refractivity contribution in [3.63, 3.8) is 0 Å². The summed E-state index contributed by atoms with van der Waals surface area (Å²) in [6.07, 6.45) is 1.47. The van der Waals surface area contributed by atoms with Crippen LogP contribution in [0.1, 0.15) is 29.1 Å². The number of hydrogen-bond acceptors (Lipinski definition) is 5. The average molecular weight is 559 g/mol. The van der Waals surface area contributed by atoms with E-state index in [1.165, 1.54) is 18.4 Å². The molecule has 0 aliphatic carbocycles. The minimum atomic E-state index is -0.252. The zero-order valence-corrected chi connectivity index (χ0v) is 20.5. The van der Waals surface area contributed by atoms with E-state index in [1.807, 2.05) is 19.1 Å². The van der Waals surface area contributed by atoms with Crippen molar-refractivity contribution >= 4 is 35.8 Å². The highest BCUT2D eigenvalue weighted by atomic mass is 127. The number of nitrogens with zero attached hydrogens (tertiary/aromatic N) is 2. The van der Waals surface area contributed by atoms with Crippen molar-refractivity contribution in [2.75, 3.05) is 52.5 Å². The van der Waals surface area contributed by atoms with Crippen LogP contribution in [0.2, 0.25) is 0 Å². The number of aliphatic imine (C=N–C) groups is 1. The van der Waals surface area contributed by atoms with Crippen molar-refractivity contribution < 1.29 is 18.3 Å². The number of carbonyl (C=O) groups is 1. The lowest BCUT2D eigenvalue weighted by Crippen LogP contribution is -2.43. The summed E-state index contributed by atoms with van der Waals surface area (Å²) in [6.45, 7) is 7.12. The second-order valence-electron chi connectivity index (χ2n) is 7.10. The Labute approximate surface area is 205 Å². The predicted octanol–water partition coefficient (Wildman–Crippen LogP) is 2.40. The second-order valence-corrected chi connectivity index (χ2v) is 7.10. The van der Waals surface area contributed by atoms with Crippen LogP contribution in [0.25, 0.3) is 0 Å². The van der Waals surface area contributed by atoms with Crippen molar-refractivity contribution in [3.05, 3.63) is 59.8 Å². The lowest BCUT2D eigenvalue weighted by Gasteiger charge is -2.34. The Balaban J connectivity index is 0.00000363. The van der Waals surface area contributed by atoms with Gasteiger partial charge in [0.15, 0.2) is 11.7 Å². The van der Waals surface area contributed by atoms with Gasteiger partial charge in [0, 0.05) is 32.7 Å². The highest BCUT2D eigenvalue weighted by Gasteiger charge is 2.22. The molecule has 0 bridgehead atoms. The molecule has 0 radical (unpaired) electrons. The maximum Gasteiger partial charge on any atom is 0.287 e. The van der Waals surface area contributed by atoms with Crippen LogP contribution in [0, 0.1) is 5.82 Å². The number of halogens is 2. The first-order valence-corrected chi connectivity index (χ1v) is 10.6. The Morgan fingerprint density at radius 3 is 2.50 bits per heavy atom. The molecule has 2 aromatic rings. The zero-order valence-electron chi connectivity index (χ0n) is 18.2. The topological polar surface area (TPSA) is 91.1 Å². The first-order chi connectivity index (χ1) is 15.2. The van der Waals surface area contributed by atoms with Gasteiger partial charge in [0.05, 0.1) is 32.1 Å². The van der Waals surface area contributed by atoms with Crippen molar-refractivity contribution in [1.29, 1.82) is 0 Å². The molecule has 32 heavy (non-hydrogen) atoms. The first-order valence-electron chi connectivity index (χ1n) is 10.6. The molecule has 1 atom stereocenters. The van der Waals surface area contributed by atoms with Crippen molar-refractivity contribution in [1.82, 2.24) is 20.9 Å². The summed E-state index contributed by atoms with van der Waals surface area (Å²) in [4.78, 5) is 19.0. The summed E-state index contributed by atoms with van der Waals surface area (Å²) < 4.78 is 24.0. The molecule has 0 spiro atoms. The monoisotopic (exact) mass is 559 g/mol. The van der Waals surface area contributed by atoms with Gasteiger partial charge in [-0.05, 0) is 36.8 Å². The minimum Gasteiger partial charge on any atom is -0.459 e. The highest BCUT2D eigenvalue weighted by molar-refractivity contribution is 14.0. The Morgan fingerprint density at radius 1 is 1.12 bits per heavy atom. The first kappa shape index (κ1) is 26.1. The van der Waals surface area contributed by atoms with Gasteiger partial charge in [-0.3, -0.25) is 14.7 Å². The number of nitrogens with one attached hydrogen (secondary N) is 3. The molecule has 10 heteroatoms. The van der Waals surface area contributed by atoms with Crippen LogP contribution >= 0.6 is 24.0 Å². The number of amides is 1. The Bertz CT molecular complexity index is 827. The van der Waals surface area contributed by atoms with Crippen LogP contribution in [0.15, 0.2) is 52.1 Å². The maximum atomic E-state index is 13.4. The van der Waals surface area contributed by atoms with Crippen LogP contribution in [-0.4, -0.2) is 69.2 Å². The van der Waals surface area contributed by atoms with E-state index in [0.29, 0.717) is 45.4 Å². The zero-order chi connectivity index (χ0) is 21.9. The van der Waals surface area contributed by atoms with Gasteiger partial charge in [-0.25, -0.2) is 4.39 Å². The Hall–Kier alpha value is -2.18. The molecule has 1 unspecified atom stereocenters. The molecule has 1 aromatic carbocycles. The van der Waals surface area contributed by atoms with E-state index < -0.39 is 0 Å². The van der Waals surface area contributed by atoms with Gasteiger partial charge in [-0.2, -0.15) is 0 Å². The maximum absolute atomic E-state index is 13.4. The van der Waals surface area contributed by atoms with E-state index in [4.69, 9.17) is 14.1 Å². The van der Waals surface area contributed by atoms with E-state index in [-0.39, 0.29) is 47.5 Å². The molecule has 1 aromatic heterocycles. The average Bonchev–Trinajstić information content (AvgIpc) is 3.33. The molecule has 176 valence electrons. The molecule has 2 heterocycles. The van der Waals surface area contributed by atoms with Crippen LogP contribution in [0.3, 0.4) is 0 Å². The third-order valence-electron chi connectivity index (χ3n) is 4.96. The van der Waals surface area contributed by atoms with Crippen LogP contribution < -0.4 is 16.0 Å². The summed E-state index contributed by atoms with van der Waals surface area (Å²) >= 11 is 0. The molecule has 1 aliphatic rings. The van der Waals surface area contributed by atoms with Crippen molar-refractivity contribution in [2.24, 2.45) is 4.99 Å². The van der Waals surface area contributed by atoms with Crippen LogP contribution in [0.4, 0.5) is 4.39 Å². The molecule has 1 amide bonds. The lowest BCUT2D eigenvalue weighted by atomic mass is 10.0. The third-order valence-corrected chi connectivity index (χ3v) is 4.96. The quantitative estimate of drug-likeness (QED) is 0.189. The van der Waals surface area contributed by atoms with Gasteiger partial charge in [0.2, 0.25) is 0 Å². The number of ether oxygens (including phenoxy) is 1. The molecule has 1 fully saturated rings. The summed E-state index contributed by atoms with van der Waals surface area (Å²) in [7, 11) is 0. The van der Waals surface area contributed by atoms with Gasteiger partial charge >= 0.3 is 0 Å². The number of furan rings is 1. The SMILES string of the molecule is CCNC(=NCC(c1ccc(F)cc1)N1CCOCC1)NCCNC(=O)c1ccco1.I. The minimum absolute atomic E-state index is 0. The molecule has 8 nitrogen and oxygen atoms in total. The molecule has 3 N–H and O–H groups in total.